The summed E-state index contributed by atoms with van der Waals surface area (Å²) in [6, 6.07) is 16.5. The van der Waals surface area contributed by atoms with Gasteiger partial charge in [0, 0.05) is 39.5 Å². The Morgan fingerprint density at radius 2 is 1.38 bits per heavy atom. The molecule has 0 aliphatic carbocycles. The van der Waals surface area contributed by atoms with Gasteiger partial charge in [0.05, 0.1) is 16.6 Å². The highest BCUT2D eigenvalue weighted by Gasteiger charge is 2.14. The van der Waals surface area contributed by atoms with Crippen molar-refractivity contribution in [2.24, 2.45) is 0 Å². The molecule has 3 aromatic heterocycles. The summed E-state index contributed by atoms with van der Waals surface area (Å²) in [7, 11) is 0. The van der Waals surface area contributed by atoms with Crippen LogP contribution in [0.2, 0.25) is 0 Å². The third-order valence-corrected chi connectivity index (χ3v) is 4.08. The Bertz CT molecular complexity index is 1140. The number of hydrogen-bond donors (Lipinski definition) is 1. The van der Waals surface area contributed by atoms with E-state index < -0.39 is 0 Å². The fraction of sp³-hybridized carbons (Fsp3) is 0. The van der Waals surface area contributed by atoms with Gasteiger partial charge < -0.3 is 4.98 Å². The van der Waals surface area contributed by atoms with Gasteiger partial charge in [0.25, 0.3) is 0 Å². The quantitative estimate of drug-likeness (QED) is 0.423. The first-order valence-electron chi connectivity index (χ1n) is 6.95. The third kappa shape index (κ3) is 1.32. The number of benzene rings is 2. The van der Waals surface area contributed by atoms with Gasteiger partial charge in [-0.05, 0) is 30.3 Å². The SMILES string of the molecule is c1ccc2c(c1)[nH]c1c3cccnc3c3cccnc3c21. The molecule has 0 aliphatic heterocycles. The van der Waals surface area contributed by atoms with Crippen LogP contribution in [0.5, 0.6) is 0 Å². The van der Waals surface area contributed by atoms with Crippen LogP contribution in [0, 0.1) is 0 Å². The molecule has 3 heteroatoms. The van der Waals surface area contributed by atoms with Gasteiger partial charge in [-0.25, -0.2) is 0 Å². The molecule has 5 rings (SSSR count). The summed E-state index contributed by atoms with van der Waals surface area (Å²) in [5, 5.41) is 4.64. The molecule has 3 heterocycles. The molecule has 0 saturated heterocycles. The molecule has 0 bridgehead atoms. The van der Waals surface area contributed by atoms with Crippen LogP contribution in [0.4, 0.5) is 0 Å². The minimum Gasteiger partial charge on any atom is -0.354 e. The highest BCUT2D eigenvalue weighted by molar-refractivity contribution is 6.29. The zero-order valence-corrected chi connectivity index (χ0v) is 11.2. The predicted octanol–water partition coefficient (Wildman–Crippen LogP) is 4.42. The van der Waals surface area contributed by atoms with Crippen molar-refractivity contribution in [2.45, 2.75) is 0 Å². The largest absolute Gasteiger partial charge is 0.354 e. The molecular weight excluding hydrogens is 258 g/mol. The Morgan fingerprint density at radius 1 is 0.667 bits per heavy atom. The average molecular weight is 269 g/mol. The molecule has 0 spiro atoms. The van der Waals surface area contributed by atoms with Crippen molar-refractivity contribution >= 4 is 43.6 Å². The molecule has 0 aliphatic rings. The smallest absolute Gasteiger partial charge is 0.0824 e. The Kier molecular flexibility index (Phi) is 1.95. The molecule has 0 saturated carbocycles. The van der Waals surface area contributed by atoms with E-state index in [-0.39, 0.29) is 0 Å². The molecule has 0 atom stereocenters. The van der Waals surface area contributed by atoms with Crippen LogP contribution < -0.4 is 0 Å². The third-order valence-electron chi connectivity index (χ3n) is 4.08. The van der Waals surface area contributed by atoms with Gasteiger partial charge in [-0.15, -0.1) is 0 Å². The number of nitrogens with zero attached hydrogens (tertiary/aromatic N) is 2. The van der Waals surface area contributed by atoms with Crippen molar-refractivity contribution in [3.05, 3.63) is 60.9 Å². The summed E-state index contributed by atoms with van der Waals surface area (Å²) in [5.74, 6) is 0. The van der Waals surface area contributed by atoms with Gasteiger partial charge in [0.15, 0.2) is 0 Å². The van der Waals surface area contributed by atoms with Crippen molar-refractivity contribution in [1.82, 2.24) is 15.0 Å². The molecule has 5 aromatic rings. The Labute approximate surface area is 120 Å². The number of hydrogen-bond acceptors (Lipinski definition) is 2. The second kappa shape index (κ2) is 3.79. The summed E-state index contributed by atoms with van der Waals surface area (Å²) in [4.78, 5) is 12.7. The van der Waals surface area contributed by atoms with Crippen LogP contribution >= 0.6 is 0 Å². The van der Waals surface area contributed by atoms with Gasteiger partial charge in [0.2, 0.25) is 0 Å². The Morgan fingerprint density at radius 3 is 2.29 bits per heavy atom. The monoisotopic (exact) mass is 269 g/mol. The maximum atomic E-state index is 4.62. The second-order valence-corrected chi connectivity index (χ2v) is 5.22. The molecule has 0 fully saturated rings. The zero-order valence-electron chi connectivity index (χ0n) is 11.2. The van der Waals surface area contributed by atoms with Gasteiger partial charge in [-0.3, -0.25) is 9.97 Å². The molecule has 3 nitrogen and oxygen atoms in total. The van der Waals surface area contributed by atoms with E-state index in [0.29, 0.717) is 0 Å². The van der Waals surface area contributed by atoms with Crippen LogP contribution in [0.1, 0.15) is 0 Å². The number of fused-ring (bicyclic) bond motifs is 8. The van der Waals surface area contributed by atoms with E-state index >= 15 is 0 Å². The van der Waals surface area contributed by atoms with E-state index in [4.69, 9.17) is 0 Å². The predicted molar refractivity (Wildman–Crippen MR) is 86.4 cm³/mol. The molecule has 1 N–H and O–H groups in total. The van der Waals surface area contributed by atoms with E-state index in [1.807, 2.05) is 30.6 Å². The number of pyridine rings is 2. The summed E-state index contributed by atoms with van der Waals surface area (Å²) in [5.41, 5.74) is 4.26. The molecule has 0 amide bonds. The van der Waals surface area contributed by atoms with Crippen molar-refractivity contribution in [2.75, 3.05) is 0 Å². The molecule has 21 heavy (non-hydrogen) atoms. The van der Waals surface area contributed by atoms with E-state index in [9.17, 15) is 0 Å². The van der Waals surface area contributed by atoms with Gasteiger partial charge in [-0.1, -0.05) is 18.2 Å². The van der Waals surface area contributed by atoms with Crippen LogP contribution in [-0.4, -0.2) is 15.0 Å². The van der Waals surface area contributed by atoms with Gasteiger partial charge >= 0.3 is 0 Å². The van der Waals surface area contributed by atoms with Crippen molar-refractivity contribution < 1.29 is 0 Å². The van der Waals surface area contributed by atoms with Crippen molar-refractivity contribution in [3.8, 4) is 0 Å². The topological polar surface area (TPSA) is 41.6 Å². The lowest BCUT2D eigenvalue weighted by Crippen LogP contribution is -1.86. The molecular formula is C18H11N3. The molecule has 98 valence electrons. The zero-order chi connectivity index (χ0) is 13.8. The van der Waals surface area contributed by atoms with E-state index in [2.05, 4.69) is 45.3 Å². The van der Waals surface area contributed by atoms with Crippen LogP contribution in [0.15, 0.2) is 60.9 Å². The molecule has 0 radical (unpaired) electrons. The Hall–Kier alpha value is -2.94. The average Bonchev–Trinajstić information content (AvgIpc) is 2.95. The standard InChI is InChI=1S/C18H11N3/c1-2-8-14-11(5-1)15-17-12(6-3-10-20-17)16-13(18(15)21-14)7-4-9-19-16/h1-10,21H. The summed E-state index contributed by atoms with van der Waals surface area (Å²) < 4.78 is 0. The minimum atomic E-state index is 1.000. The van der Waals surface area contributed by atoms with Crippen molar-refractivity contribution in [3.63, 3.8) is 0 Å². The number of aromatic amines is 1. The summed E-state index contributed by atoms with van der Waals surface area (Å²) in [6.45, 7) is 0. The maximum absolute atomic E-state index is 4.62. The first kappa shape index (κ1) is 10.8. The van der Waals surface area contributed by atoms with Crippen LogP contribution in [0.25, 0.3) is 43.6 Å². The van der Waals surface area contributed by atoms with E-state index in [0.717, 1.165) is 32.8 Å². The summed E-state index contributed by atoms with van der Waals surface area (Å²) in [6.07, 6.45) is 3.68. The molecule has 0 unspecified atom stereocenters. The van der Waals surface area contributed by atoms with E-state index in [1.165, 1.54) is 10.8 Å². The Balaban J connectivity index is 2.25. The number of aromatic nitrogens is 3. The minimum absolute atomic E-state index is 1.000. The van der Waals surface area contributed by atoms with Crippen LogP contribution in [0.3, 0.4) is 0 Å². The van der Waals surface area contributed by atoms with Gasteiger partial charge in [0.1, 0.15) is 0 Å². The number of nitrogens with one attached hydrogen (secondary N) is 1. The lowest BCUT2D eigenvalue weighted by Gasteiger charge is -2.05. The normalized spacial score (nSPS) is 11.8. The highest BCUT2D eigenvalue weighted by Crippen LogP contribution is 2.36. The highest BCUT2D eigenvalue weighted by atomic mass is 14.8. The van der Waals surface area contributed by atoms with Crippen molar-refractivity contribution in [1.29, 1.82) is 0 Å². The fourth-order valence-corrected chi connectivity index (χ4v) is 3.21. The number of rotatable bonds is 0. The second-order valence-electron chi connectivity index (χ2n) is 5.22. The fourth-order valence-electron chi connectivity index (χ4n) is 3.21. The van der Waals surface area contributed by atoms with Crippen LogP contribution in [-0.2, 0) is 0 Å². The lowest BCUT2D eigenvalue weighted by molar-refractivity contribution is 1.40. The van der Waals surface area contributed by atoms with E-state index in [1.54, 1.807) is 0 Å². The maximum Gasteiger partial charge on any atom is 0.0824 e. The number of para-hydroxylation sites is 1. The lowest BCUT2D eigenvalue weighted by atomic mass is 10.0. The first-order valence-corrected chi connectivity index (χ1v) is 6.95. The number of H-pyrrole nitrogens is 1. The summed E-state index contributed by atoms with van der Waals surface area (Å²) >= 11 is 0. The molecule has 2 aromatic carbocycles. The first-order chi connectivity index (χ1) is 10.4. The van der Waals surface area contributed by atoms with Gasteiger partial charge in [-0.2, -0.15) is 0 Å².